The predicted molar refractivity (Wildman–Crippen MR) is 86.3 cm³/mol. The number of nitrogens with one attached hydrogen (secondary N) is 1. The maximum atomic E-state index is 4.38. The van der Waals surface area contributed by atoms with E-state index in [1.54, 1.807) is 0 Å². The van der Waals surface area contributed by atoms with Crippen molar-refractivity contribution in [2.24, 2.45) is 0 Å². The Morgan fingerprint density at radius 3 is 2.67 bits per heavy atom. The Balaban J connectivity index is 1.75. The first kappa shape index (κ1) is 14.3. The standard InChI is InChI=1S/C18H25N3/c1-3-15-7-9-16(10-8-15)12-21-13-19-11-18(21)17-6-4-5-14(2)20-17/h7-11,13-14,17,20H,3-6,12H2,1-2H3. The van der Waals surface area contributed by atoms with E-state index in [0.717, 1.165) is 13.0 Å². The van der Waals surface area contributed by atoms with Crippen LogP contribution < -0.4 is 5.32 Å². The lowest BCUT2D eigenvalue weighted by atomic mass is 9.97. The molecule has 2 atom stereocenters. The van der Waals surface area contributed by atoms with E-state index in [1.807, 2.05) is 12.5 Å². The molecular weight excluding hydrogens is 258 g/mol. The number of piperidine rings is 1. The number of hydrogen-bond acceptors (Lipinski definition) is 2. The molecule has 2 aromatic rings. The SMILES string of the molecule is CCc1ccc(Cn2cncc2C2CCCC(C)N2)cc1. The molecule has 3 rings (SSSR count). The molecule has 0 radical (unpaired) electrons. The molecule has 112 valence electrons. The van der Waals surface area contributed by atoms with Crippen LogP contribution in [0.5, 0.6) is 0 Å². The monoisotopic (exact) mass is 283 g/mol. The Bertz CT molecular complexity index is 570. The number of benzene rings is 1. The van der Waals surface area contributed by atoms with Gasteiger partial charge in [0.1, 0.15) is 0 Å². The Hall–Kier alpha value is -1.61. The number of nitrogens with zero attached hydrogens (tertiary/aromatic N) is 2. The molecule has 0 bridgehead atoms. The van der Waals surface area contributed by atoms with E-state index in [9.17, 15) is 0 Å². The van der Waals surface area contributed by atoms with E-state index >= 15 is 0 Å². The van der Waals surface area contributed by atoms with Crippen molar-refractivity contribution in [3.8, 4) is 0 Å². The quantitative estimate of drug-likeness (QED) is 0.927. The first-order valence-electron chi connectivity index (χ1n) is 8.10. The van der Waals surface area contributed by atoms with E-state index in [-0.39, 0.29) is 0 Å². The molecular formula is C18H25N3. The van der Waals surface area contributed by atoms with Gasteiger partial charge in [0, 0.05) is 24.8 Å². The van der Waals surface area contributed by atoms with E-state index in [0.29, 0.717) is 12.1 Å². The van der Waals surface area contributed by atoms with Crippen molar-refractivity contribution in [3.05, 3.63) is 53.6 Å². The lowest BCUT2D eigenvalue weighted by molar-refractivity contribution is 0.330. The fraction of sp³-hybridized carbons (Fsp3) is 0.500. The number of rotatable bonds is 4. The predicted octanol–water partition coefficient (Wildman–Crippen LogP) is 3.70. The van der Waals surface area contributed by atoms with Crippen molar-refractivity contribution in [2.75, 3.05) is 0 Å². The van der Waals surface area contributed by atoms with E-state index < -0.39 is 0 Å². The van der Waals surface area contributed by atoms with Gasteiger partial charge in [-0.25, -0.2) is 4.98 Å². The summed E-state index contributed by atoms with van der Waals surface area (Å²) in [5.74, 6) is 0. The molecule has 1 aromatic heterocycles. The van der Waals surface area contributed by atoms with Crippen molar-refractivity contribution in [1.82, 2.24) is 14.9 Å². The van der Waals surface area contributed by atoms with Gasteiger partial charge >= 0.3 is 0 Å². The van der Waals surface area contributed by atoms with E-state index in [2.05, 4.69) is 53.0 Å². The van der Waals surface area contributed by atoms with Crippen LogP contribution in [0.1, 0.15) is 56.0 Å². The largest absolute Gasteiger partial charge is 0.329 e. The van der Waals surface area contributed by atoms with Crippen LogP contribution >= 0.6 is 0 Å². The van der Waals surface area contributed by atoms with Crippen molar-refractivity contribution < 1.29 is 0 Å². The summed E-state index contributed by atoms with van der Waals surface area (Å²) in [6, 6.07) is 9.99. The number of aryl methyl sites for hydroxylation is 1. The van der Waals surface area contributed by atoms with Gasteiger partial charge < -0.3 is 9.88 Å². The first-order valence-corrected chi connectivity index (χ1v) is 8.10. The second-order valence-electron chi connectivity index (χ2n) is 6.17. The van der Waals surface area contributed by atoms with Crippen LogP contribution in [0, 0.1) is 0 Å². The summed E-state index contributed by atoms with van der Waals surface area (Å²) in [6.45, 7) is 5.38. The average molecular weight is 283 g/mol. The van der Waals surface area contributed by atoms with Gasteiger partial charge in [-0.1, -0.05) is 31.2 Å². The van der Waals surface area contributed by atoms with Crippen molar-refractivity contribution in [1.29, 1.82) is 0 Å². The van der Waals surface area contributed by atoms with Gasteiger partial charge in [0.25, 0.3) is 0 Å². The van der Waals surface area contributed by atoms with Gasteiger partial charge in [0.2, 0.25) is 0 Å². The molecule has 0 aliphatic carbocycles. The van der Waals surface area contributed by atoms with Crippen LogP contribution in [-0.4, -0.2) is 15.6 Å². The molecule has 1 fully saturated rings. The molecule has 1 saturated heterocycles. The number of imidazole rings is 1. The maximum Gasteiger partial charge on any atom is 0.0951 e. The van der Waals surface area contributed by atoms with Crippen LogP contribution in [-0.2, 0) is 13.0 Å². The molecule has 1 aliphatic rings. The highest BCUT2D eigenvalue weighted by atomic mass is 15.1. The maximum absolute atomic E-state index is 4.38. The van der Waals surface area contributed by atoms with Gasteiger partial charge in [-0.15, -0.1) is 0 Å². The topological polar surface area (TPSA) is 29.9 Å². The van der Waals surface area contributed by atoms with Crippen LogP contribution in [0.2, 0.25) is 0 Å². The van der Waals surface area contributed by atoms with Crippen LogP contribution in [0.15, 0.2) is 36.8 Å². The summed E-state index contributed by atoms with van der Waals surface area (Å²) >= 11 is 0. The third-order valence-corrected chi connectivity index (χ3v) is 4.50. The lowest BCUT2D eigenvalue weighted by Gasteiger charge is -2.29. The smallest absolute Gasteiger partial charge is 0.0951 e. The van der Waals surface area contributed by atoms with E-state index in [4.69, 9.17) is 0 Å². The summed E-state index contributed by atoms with van der Waals surface area (Å²) < 4.78 is 2.29. The minimum Gasteiger partial charge on any atom is -0.329 e. The molecule has 3 nitrogen and oxygen atoms in total. The zero-order valence-corrected chi connectivity index (χ0v) is 13.0. The number of aromatic nitrogens is 2. The molecule has 1 aromatic carbocycles. The fourth-order valence-corrected chi connectivity index (χ4v) is 3.20. The molecule has 2 unspecified atom stereocenters. The van der Waals surface area contributed by atoms with Crippen molar-refractivity contribution >= 4 is 0 Å². The summed E-state index contributed by atoms with van der Waals surface area (Å²) in [6.07, 6.45) is 8.88. The third kappa shape index (κ3) is 3.35. The van der Waals surface area contributed by atoms with Gasteiger partial charge in [0.15, 0.2) is 0 Å². The Labute approximate surface area is 127 Å². The normalized spacial score (nSPS) is 22.4. The minimum atomic E-state index is 0.450. The minimum absolute atomic E-state index is 0.450. The van der Waals surface area contributed by atoms with Crippen molar-refractivity contribution in [3.63, 3.8) is 0 Å². The van der Waals surface area contributed by atoms with Gasteiger partial charge in [-0.2, -0.15) is 0 Å². The highest BCUT2D eigenvalue weighted by Gasteiger charge is 2.22. The second-order valence-corrected chi connectivity index (χ2v) is 6.17. The summed E-state index contributed by atoms with van der Waals surface area (Å²) in [5.41, 5.74) is 4.06. The van der Waals surface area contributed by atoms with Gasteiger partial charge in [-0.3, -0.25) is 0 Å². The summed E-state index contributed by atoms with van der Waals surface area (Å²) in [5, 5.41) is 3.70. The second kappa shape index (κ2) is 6.44. The molecule has 1 aliphatic heterocycles. The zero-order valence-electron chi connectivity index (χ0n) is 13.0. The van der Waals surface area contributed by atoms with Crippen LogP contribution in [0.3, 0.4) is 0 Å². The Morgan fingerprint density at radius 1 is 1.19 bits per heavy atom. The molecule has 1 N–H and O–H groups in total. The van der Waals surface area contributed by atoms with Crippen LogP contribution in [0.25, 0.3) is 0 Å². The summed E-state index contributed by atoms with van der Waals surface area (Å²) in [7, 11) is 0. The van der Waals surface area contributed by atoms with Crippen LogP contribution in [0.4, 0.5) is 0 Å². The number of hydrogen-bond donors (Lipinski definition) is 1. The fourth-order valence-electron chi connectivity index (χ4n) is 3.20. The van der Waals surface area contributed by atoms with Crippen molar-refractivity contribution in [2.45, 2.75) is 58.2 Å². The van der Waals surface area contributed by atoms with Gasteiger partial charge in [-0.05, 0) is 43.7 Å². The third-order valence-electron chi connectivity index (χ3n) is 4.50. The lowest BCUT2D eigenvalue weighted by Crippen LogP contribution is -2.35. The molecule has 0 spiro atoms. The highest BCUT2D eigenvalue weighted by molar-refractivity contribution is 5.23. The molecule has 2 heterocycles. The Morgan fingerprint density at radius 2 is 1.95 bits per heavy atom. The zero-order chi connectivity index (χ0) is 14.7. The van der Waals surface area contributed by atoms with E-state index in [1.165, 1.54) is 36.1 Å². The molecule has 3 heteroatoms. The Kier molecular flexibility index (Phi) is 4.39. The van der Waals surface area contributed by atoms with Gasteiger partial charge in [0.05, 0.1) is 12.0 Å². The summed E-state index contributed by atoms with van der Waals surface area (Å²) in [4.78, 5) is 4.38. The first-order chi connectivity index (χ1) is 10.3. The molecule has 21 heavy (non-hydrogen) atoms. The molecule has 0 saturated carbocycles. The molecule has 0 amide bonds. The average Bonchev–Trinajstić information content (AvgIpc) is 2.96. The highest BCUT2D eigenvalue weighted by Crippen LogP contribution is 2.25.